The number of hydrogen-bond acceptors (Lipinski definition) is 5. The van der Waals surface area contributed by atoms with Crippen LogP contribution in [0.3, 0.4) is 0 Å². The van der Waals surface area contributed by atoms with Crippen LogP contribution in [-0.4, -0.2) is 34.7 Å². The van der Waals surface area contributed by atoms with Crippen molar-refractivity contribution in [2.45, 2.75) is 59.0 Å². The molecular weight excluding hydrogens is 370 g/mol. The van der Waals surface area contributed by atoms with Crippen LogP contribution in [0.2, 0.25) is 0 Å². The summed E-state index contributed by atoms with van der Waals surface area (Å²) in [6, 6.07) is 0. The molecule has 1 saturated heterocycles. The molecular formula is C22H31N3O2S. The molecule has 0 aromatic carbocycles. The minimum Gasteiger partial charge on any atom is -0.444 e. The van der Waals surface area contributed by atoms with E-state index in [-0.39, 0.29) is 6.09 Å². The Morgan fingerprint density at radius 2 is 2.07 bits per heavy atom. The van der Waals surface area contributed by atoms with E-state index in [1.165, 1.54) is 5.57 Å². The normalized spacial score (nSPS) is 23.4. The molecule has 1 atom stereocenters. The summed E-state index contributed by atoms with van der Waals surface area (Å²) in [4.78, 5) is 19.2. The Morgan fingerprint density at radius 3 is 2.86 bits per heavy atom. The zero-order chi connectivity index (χ0) is 20.1. The molecule has 0 bridgehead atoms. The fourth-order valence-electron chi connectivity index (χ4n) is 3.41. The number of ether oxygens (including phenoxy) is 1. The van der Waals surface area contributed by atoms with E-state index >= 15 is 0 Å². The highest BCUT2D eigenvalue weighted by Gasteiger charge is 2.28. The smallest absolute Gasteiger partial charge is 0.410 e. The summed E-state index contributed by atoms with van der Waals surface area (Å²) >= 11 is 1.60. The molecule has 6 heteroatoms. The lowest BCUT2D eigenvalue weighted by atomic mass is 10.0. The molecule has 0 aromatic rings. The second-order valence-corrected chi connectivity index (χ2v) is 9.33. The van der Waals surface area contributed by atoms with Crippen LogP contribution in [0, 0.1) is 5.92 Å². The summed E-state index contributed by atoms with van der Waals surface area (Å²) in [6.45, 7) is 9.31. The standard InChI is InChI=1S/C22H31N3O2S/c1-16-7-5-8-17(11-10-16)19-15-23-28-20(24-19)18-9-6-13-25(14-12-18)21(26)27-22(2,3)4/h7-8,10-11,15,18,23H,5-6,9,12-14H2,1-4H3. The molecule has 2 aliphatic heterocycles. The van der Waals surface area contributed by atoms with Gasteiger partial charge in [-0.1, -0.05) is 29.9 Å². The van der Waals surface area contributed by atoms with E-state index in [0.717, 1.165) is 48.5 Å². The van der Waals surface area contributed by atoms with Crippen molar-refractivity contribution in [1.82, 2.24) is 9.62 Å². The van der Waals surface area contributed by atoms with Gasteiger partial charge in [-0.25, -0.2) is 9.79 Å². The van der Waals surface area contributed by atoms with E-state index in [1.807, 2.05) is 31.9 Å². The largest absolute Gasteiger partial charge is 0.444 e. The highest BCUT2D eigenvalue weighted by molar-refractivity contribution is 8.12. The third-order valence-electron chi connectivity index (χ3n) is 4.92. The summed E-state index contributed by atoms with van der Waals surface area (Å²) < 4.78 is 8.86. The van der Waals surface area contributed by atoms with Crippen molar-refractivity contribution in [2.24, 2.45) is 10.9 Å². The first-order chi connectivity index (χ1) is 13.3. The Balaban J connectivity index is 1.65. The molecule has 1 N–H and O–H groups in total. The van der Waals surface area contributed by atoms with E-state index in [1.54, 1.807) is 11.9 Å². The van der Waals surface area contributed by atoms with Crippen LogP contribution in [0.15, 0.2) is 52.3 Å². The predicted molar refractivity (Wildman–Crippen MR) is 117 cm³/mol. The van der Waals surface area contributed by atoms with Gasteiger partial charge in [0, 0.05) is 37.2 Å². The van der Waals surface area contributed by atoms with Crippen LogP contribution in [-0.2, 0) is 4.74 Å². The number of carbonyl (C=O) groups is 1. The SMILES string of the molecule is CC1=CCC=C(C2=CNSC(C3CCCN(C(=O)OC(C)(C)C)CC3)=N2)C=C1. The van der Waals surface area contributed by atoms with E-state index in [2.05, 4.69) is 35.9 Å². The van der Waals surface area contributed by atoms with Gasteiger partial charge >= 0.3 is 6.09 Å². The van der Waals surface area contributed by atoms with Gasteiger partial charge in [0.1, 0.15) is 5.60 Å². The Labute approximate surface area is 172 Å². The number of hydrogen-bond donors (Lipinski definition) is 1. The third kappa shape index (κ3) is 5.77. The minimum absolute atomic E-state index is 0.207. The number of aliphatic imine (C=N–C) groups is 1. The van der Waals surface area contributed by atoms with Crippen LogP contribution < -0.4 is 4.72 Å². The summed E-state index contributed by atoms with van der Waals surface area (Å²) in [5.41, 5.74) is 2.96. The molecule has 1 unspecified atom stereocenters. The van der Waals surface area contributed by atoms with Crippen molar-refractivity contribution >= 4 is 23.1 Å². The predicted octanol–water partition coefficient (Wildman–Crippen LogP) is 5.35. The molecule has 0 saturated carbocycles. The highest BCUT2D eigenvalue weighted by atomic mass is 32.2. The first-order valence-corrected chi connectivity index (χ1v) is 10.9. The maximum atomic E-state index is 12.4. The maximum absolute atomic E-state index is 12.4. The topological polar surface area (TPSA) is 53.9 Å². The zero-order valence-electron chi connectivity index (χ0n) is 17.3. The van der Waals surface area contributed by atoms with E-state index < -0.39 is 5.60 Å². The van der Waals surface area contributed by atoms with E-state index in [4.69, 9.17) is 9.73 Å². The molecule has 0 spiro atoms. The number of rotatable bonds is 2. The first kappa shape index (κ1) is 20.8. The van der Waals surface area contributed by atoms with Gasteiger partial charge in [0.25, 0.3) is 0 Å². The molecule has 5 nitrogen and oxygen atoms in total. The average molecular weight is 402 g/mol. The quantitative estimate of drug-likeness (QED) is 0.634. The van der Waals surface area contributed by atoms with Crippen LogP contribution in [0.5, 0.6) is 0 Å². The number of likely N-dealkylation sites (tertiary alicyclic amines) is 1. The minimum atomic E-state index is -0.455. The Morgan fingerprint density at radius 1 is 1.25 bits per heavy atom. The molecule has 1 aliphatic carbocycles. The van der Waals surface area contributed by atoms with Crippen molar-refractivity contribution in [2.75, 3.05) is 13.1 Å². The van der Waals surface area contributed by atoms with E-state index in [9.17, 15) is 4.79 Å². The van der Waals surface area contributed by atoms with Gasteiger partial charge in [-0.05, 0) is 59.0 Å². The Kier molecular flexibility index (Phi) is 6.70. The van der Waals surface area contributed by atoms with Gasteiger partial charge < -0.3 is 14.4 Å². The number of amides is 1. The third-order valence-corrected chi connectivity index (χ3v) is 5.79. The van der Waals surface area contributed by atoms with Crippen molar-refractivity contribution in [1.29, 1.82) is 0 Å². The molecule has 2 heterocycles. The lowest BCUT2D eigenvalue weighted by Crippen LogP contribution is -2.37. The number of nitrogens with zero attached hydrogens (tertiary/aromatic N) is 2. The molecule has 0 aromatic heterocycles. The number of carbonyl (C=O) groups excluding carboxylic acids is 1. The Hall–Kier alpha value is -1.95. The second kappa shape index (κ2) is 9.03. The van der Waals surface area contributed by atoms with Gasteiger partial charge in [-0.3, -0.25) is 0 Å². The van der Waals surface area contributed by atoms with Gasteiger partial charge in [-0.15, -0.1) is 0 Å². The monoisotopic (exact) mass is 401 g/mol. The molecule has 3 aliphatic rings. The van der Waals surface area contributed by atoms with Crippen LogP contribution in [0.25, 0.3) is 0 Å². The summed E-state index contributed by atoms with van der Waals surface area (Å²) in [5.74, 6) is 0.365. The fourth-order valence-corrected chi connectivity index (χ4v) is 4.25. The maximum Gasteiger partial charge on any atom is 0.410 e. The summed E-state index contributed by atoms with van der Waals surface area (Å²) in [5, 5.41) is 1.12. The second-order valence-electron chi connectivity index (χ2n) is 8.47. The van der Waals surface area contributed by atoms with Crippen LogP contribution in [0.1, 0.15) is 53.4 Å². The lowest BCUT2D eigenvalue weighted by Gasteiger charge is -2.26. The number of nitrogens with one attached hydrogen (secondary N) is 1. The lowest BCUT2D eigenvalue weighted by molar-refractivity contribution is 0.0256. The van der Waals surface area contributed by atoms with Crippen LogP contribution in [0.4, 0.5) is 4.79 Å². The van der Waals surface area contributed by atoms with Crippen molar-refractivity contribution in [3.05, 3.63) is 47.3 Å². The molecule has 152 valence electrons. The van der Waals surface area contributed by atoms with Gasteiger partial charge in [0.15, 0.2) is 0 Å². The fraction of sp³-hybridized carbons (Fsp3) is 0.545. The first-order valence-electron chi connectivity index (χ1n) is 10.1. The molecule has 1 amide bonds. The zero-order valence-corrected chi connectivity index (χ0v) is 18.1. The average Bonchev–Trinajstić information content (AvgIpc) is 3.01. The number of allylic oxidation sites excluding steroid dienone is 5. The molecule has 1 fully saturated rings. The van der Waals surface area contributed by atoms with E-state index in [0.29, 0.717) is 12.5 Å². The van der Waals surface area contributed by atoms with Crippen molar-refractivity contribution < 1.29 is 9.53 Å². The van der Waals surface area contributed by atoms with Gasteiger partial charge in [-0.2, -0.15) is 0 Å². The summed E-state index contributed by atoms with van der Waals surface area (Å²) in [6.07, 6.45) is 14.3. The van der Waals surface area contributed by atoms with Crippen LogP contribution >= 0.6 is 11.9 Å². The molecule has 0 radical (unpaired) electrons. The molecule has 3 rings (SSSR count). The Bertz CT molecular complexity index is 756. The molecule has 28 heavy (non-hydrogen) atoms. The van der Waals surface area contributed by atoms with Gasteiger partial charge in [0.2, 0.25) is 0 Å². The van der Waals surface area contributed by atoms with Crippen molar-refractivity contribution in [3.8, 4) is 0 Å². The highest BCUT2D eigenvalue weighted by Crippen LogP contribution is 2.30. The summed E-state index contributed by atoms with van der Waals surface area (Å²) in [7, 11) is 0. The van der Waals surface area contributed by atoms with Gasteiger partial charge in [0.05, 0.1) is 10.7 Å². The van der Waals surface area contributed by atoms with Crippen molar-refractivity contribution in [3.63, 3.8) is 0 Å².